The van der Waals surface area contributed by atoms with E-state index in [0.29, 0.717) is 0 Å². The molecule has 0 bridgehead atoms. The maximum atomic E-state index is 11.8. The van der Waals surface area contributed by atoms with Crippen LogP contribution in [0.5, 0.6) is 0 Å². The summed E-state index contributed by atoms with van der Waals surface area (Å²) in [6, 6.07) is 13.0. The van der Waals surface area contributed by atoms with E-state index in [0.717, 1.165) is 5.56 Å². The third kappa shape index (κ3) is 4.01. The fourth-order valence-corrected chi connectivity index (χ4v) is 1.86. The van der Waals surface area contributed by atoms with Crippen LogP contribution < -0.4 is 5.48 Å². The molecule has 0 atom stereocenters. The van der Waals surface area contributed by atoms with E-state index in [1.165, 1.54) is 18.2 Å². The van der Waals surface area contributed by atoms with Crippen molar-refractivity contribution in [3.8, 4) is 0 Å². The minimum absolute atomic E-state index is 0.101. The summed E-state index contributed by atoms with van der Waals surface area (Å²) in [7, 11) is 0. The molecule has 0 aromatic heterocycles. The normalized spacial score (nSPS) is 10.1. The molecule has 0 spiro atoms. The van der Waals surface area contributed by atoms with Crippen LogP contribution in [0.1, 0.15) is 15.9 Å². The standard InChI is InChI=1S/C14H11ClN2O4/c15-12-8-11(6-7-13(12)17(19)20)14(18)16-21-9-10-4-2-1-3-5-10/h1-8H,9H2,(H,16,18). The van der Waals surface area contributed by atoms with Crippen LogP contribution in [0.4, 0.5) is 5.69 Å². The maximum Gasteiger partial charge on any atom is 0.287 e. The molecule has 0 aliphatic heterocycles. The molecule has 1 amide bonds. The van der Waals surface area contributed by atoms with Crippen LogP contribution in [0.15, 0.2) is 48.5 Å². The molecule has 7 heteroatoms. The summed E-state index contributed by atoms with van der Waals surface area (Å²) >= 11 is 5.74. The van der Waals surface area contributed by atoms with Gasteiger partial charge in [-0.15, -0.1) is 0 Å². The lowest BCUT2D eigenvalue weighted by Crippen LogP contribution is -2.23. The van der Waals surface area contributed by atoms with Crippen molar-refractivity contribution in [2.24, 2.45) is 0 Å². The number of hydroxylamine groups is 1. The molecular weight excluding hydrogens is 296 g/mol. The monoisotopic (exact) mass is 306 g/mol. The zero-order chi connectivity index (χ0) is 15.2. The third-order valence-corrected chi connectivity index (χ3v) is 2.96. The van der Waals surface area contributed by atoms with Gasteiger partial charge in [0.05, 0.1) is 11.5 Å². The summed E-state index contributed by atoms with van der Waals surface area (Å²) in [5.41, 5.74) is 3.09. The molecule has 0 radical (unpaired) electrons. The molecule has 108 valence electrons. The average molecular weight is 307 g/mol. The topological polar surface area (TPSA) is 81.5 Å². The van der Waals surface area contributed by atoms with Gasteiger partial charge in [0.2, 0.25) is 0 Å². The number of nitro groups is 1. The molecule has 0 unspecified atom stereocenters. The van der Waals surface area contributed by atoms with E-state index in [-0.39, 0.29) is 22.9 Å². The number of carbonyl (C=O) groups excluding carboxylic acids is 1. The predicted molar refractivity (Wildman–Crippen MR) is 76.8 cm³/mol. The first-order valence-corrected chi connectivity index (χ1v) is 6.35. The number of carbonyl (C=O) groups is 1. The highest BCUT2D eigenvalue weighted by Crippen LogP contribution is 2.24. The van der Waals surface area contributed by atoms with Crippen molar-refractivity contribution in [2.75, 3.05) is 0 Å². The van der Waals surface area contributed by atoms with Crippen LogP contribution in [0.3, 0.4) is 0 Å². The van der Waals surface area contributed by atoms with Gasteiger partial charge in [-0.3, -0.25) is 19.7 Å². The van der Waals surface area contributed by atoms with Gasteiger partial charge in [0.25, 0.3) is 11.6 Å². The maximum absolute atomic E-state index is 11.8. The second-order valence-corrected chi connectivity index (χ2v) is 4.54. The second-order valence-electron chi connectivity index (χ2n) is 4.13. The Labute approximate surface area is 125 Å². The lowest BCUT2D eigenvalue weighted by atomic mass is 10.2. The van der Waals surface area contributed by atoms with E-state index in [2.05, 4.69) is 5.48 Å². The Morgan fingerprint density at radius 3 is 2.57 bits per heavy atom. The molecule has 0 fully saturated rings. The molecule has 0 aliphatic carbocycles. The molecule has 2 aromatic carbocycles. The molecule has 1 N–H and O–H groups in total. The Bertz CT molecular complexity index is 661. The van der Waals surface area contributed by atoms with E-state index in [4.69, 9.17) is 16.4 Å². The van der Waals surface area contributed by atoms with Crippen molar-refractivity contribution in [1.82, 2.24) is 5.48 Å². The van der Waals surface area contributed by atoms with E-state index >= 15 is 0 Å². The second kappa shape index (κ2) is 6.83. The molecule has 2 rings (SSSR count). The smallest absolute Gasteiger partial charge is 0.269 e. The van der Waals surface area contributed by atoms with Crippen molar-refractivity contribution in [2.45, 2.75) is 6.61 Å². The molecule has 6 nitrogen and oxygen atoms in total. The summed E-state index contributed by atoms with van der Waals surface area (Å²) in [5.74, 6) is -0.525. The average Bonchev–Trinajstić information content (AvgIpc) is 2.47. The van der Waals surface area contributed by atoms with E-state index in [9.17, 15) is 14.9 Å². The number of benzene rings is 2. The lowest BCUT2D eigenvalue weighted by molar-refractivity contribution is -0.384. The van der Waals surface area contributed by atoms with Crippen molar-refractivity contribution < 1.29 is 14.6 Å². The summed E-state index contributed by atoms with van der Waals surface area (Å²) in [6.07, 6.45) is 0. The first-order chi connectivity index (χ1) is 10.1. The lowest BCUT2D eigenvalue weighted by Gasteiger charge is -2.06. The first kappa shape index (κ1) is 15.0. The number of nitro benzene ring substituents is 1. The summed E-state index contributed by atoms with van der Waals surface area (Å²) in [6.45, 7) is 0.216. The van der Waals surface area contributed by atoms with E-state index in [1.807, 2.05) is 30.3 Å². The molecule has 2 aromatic rings. The van der Waals surface area contributed by atoms with Gasteiger partial charge in [-0.25, -0.2) is 5.48 Å². The fourth-order valence-electron chi connectivity index (χ4n) is 1.61. The van der Waals surface area contributed by atoms with E-state index < -0.39 is 10.8 Å². The van der Waals surface area contributed by atoms with Gasteiger partial charge < -0.3 is 0 Å². The zero-order valence-corrected chi connectivity index (χ0v) is 11.5. The Balaban J connectivity index is 1.94. The molecule has 0 saturated heterocycles. The van der Waals surface area contributed by atoms with Crippen LogP contribution >= 0.6 is 11.6 Å². The quantitative estimate of drug-likeness (QED) is 0.679. The van der Waals surface area contributed by atoms with E-state index in [1.54, 1.807) is 0 Å². The van der Waals surface area contributed by atoms with Gasteiger partial charge in [0.1, 0.15) is 5.02 Å². The number of rotatable bonds is 5. The highest BCUT2D eigenvalue weighted by Gasteiger charge is 2.15. The van der Waals surface area contributed by atoms with Crippen LogP contribution in [-0.4, -0.2) is 10.8 Å². The Kier molecular flexibility index (Phi) is 4.86. The Morgan fingerprint density at radius 2 is 1.95 bits per heavy atom. The summed E-state index contributed by atoms with van der Waals surface area (Å²) < 4.78 is 0. The fraction of sp³-hybridized carbons (Fsp3) is 0.0714. The van der Waals surface area contributed by atoms with Gasteiger partial charge in [-0.05, 0) is 17.7 Å². The molecular formula is C14H11ClN2O4. The number of hydrogen-bond donors (Lipinski definition) is 1. The predicted octanol–water partition coefficient (Wildman–Crippen LogP) is 3.11. The number of halogens is 1. The van der Waals surface area contributed by atoms with Crippen LogP contribution in [0, 0.1) is 10.1 Å². The largest absolute Gasteiger partial charge is 0.287 e. The number of hydrogen-bond acceptors (Lipinski definition) is 4. The third-order valence-electron chi connectivity index (χ3n) is 2.65. The number of amides is 1. The van der Waals surface area contributed by atoms with Crippen molar-refractivity contribution >= 4 is 23.2 Å². The Hall–Kier alpha value is -2.44. The van der Waals surface area contributed by atoms with Gasteiger partial charge >= 0.3 is 0 Å². The molecule has 0 aliphatic rings. The minimum Gasteiger partial charge on any atom is -0.269 e. The summed E-state index contributed by atoms with van der Waals surface area (Å²) in [5, 5.41) is 10.5. The zero-order valence-electron chi connectivity index (χ0n) is 10.8. The van der Waals surface area contributed by atoms with Crippen molar-refractivity contribution in [3.63, 3.8) is 0 Å². The molecule has 0 heterocycles. The number of nitrogens with one attached hydrogen (secondary N) is 1. The highest BCUT2D eigenvalue weighted by atomic mass is 35.5. The minimum atomic E-state index is -0.615. The summed E-state index contributed by atoms with van der Waals surface area (Å²) in [4.78, 5) is 26.9. The van der Waals surface area contributed by atoms with Crippen LogP contribution in [0.25, 0.3) is 0 Å². The first-order valence-electron chi connectivity index (χ1n) is 5.98. The number of nitrogens with zero attached hydrogens (tertiary/aromatic N) is 1. The van der Waals surface area contributed by atoms with Crippen molar-refractivity contribution in [1.29, 1.82) is 0 Å². The SMILES string of the molecule is O=C(NOCc1ccccc1)c1ccc([N+](=O)[O-])c(Cl)c1. The molecule has 0 saturated carbocycles. The van der Waals surface area contributed by atoms with Gasteiger partial charge in [-0.1, -0.05) is 41.9 Å². The van der Waals surface area contributed by atoms with Crippen LogP contribution in [0.2, 0.25) is 5.02 Å². The van der Waals surface area contributed by atoms with Gasteiger partial charge in [0, 0.05) is 11.6 Å². The van der Waals surface area contributed by atoms with Gasteiger partial charge in [-0.2, -0.15) is 0 Å². The Morgan fingerprint density at radius 1 is 1.24 bits per heavy atom. The van der Waals surface area contributed by atoms with Crippen LogP contribution in [-0.2, 0) is 11.4 Å². The van der Waals surface area contributed by atoms with Crippen molar-refractivity contribution in [3.05, 3.63) is 74.8 Å². The molecule has 21 heavy (non-hydrogen) atoms. The highest BCUT2D eigenvalue weighted by molar-refractivity contribution is 6.33. The van der Waals surface area contributed by atoms with Gasteiger partial charge in [0.15, 0.2) is 0 Å².